The molecule has 0 spiro atoms. The summed E-state index contributed by atoms with van der Waals surface area (Å²) in [7, 11) is 0. The summed E-state index contributed by atoms with van der Waals surface area (Å²) in [5, 5.41) is 18.5. The van der Waals surface area contributed by atoms with Crippen molar-refractivity contribution in [1.82, 2.24) is 16.0 Å². The maximum absolute atomic E-state index is 12.0. The van der Waals surface area contributed by atoms with Crippen molar-refractivity contribution >= 4 is 35.8 Å². The summed E-state index contributed by atoms with van der Waals surface area (Å²) >= 11 is 0. The van der Waals surface area contributed by atoms with Gasteiger partial charge in [-0.3, -0.25) is 4.79 Å². The highest BCUT2D eigenvalue weighted by Gasteiger charge is 2.04. The van der Waals surface area contributed by atoms with E-state index in [1.54, 1.807) is 12.1 Å². The number of aromatic hydroxyl groups is 1. The fraction of sp³-hybridized carbons (Fsp3) is 0.300. The van der Waals surface area contributed by atoms with Gasteiger partial charge in [-0.2, -0.15) is 0 Å². The van der Waals surface area contributed by atoms with Crippen molar-refractivity contribution in [2.24, 2.45) is 4.99 Å². The highest BCUT2D eigenvalue weighted by molar-refractivity contribution is 14.0. The number of phenolic OH excluding ortho intramolecular Hbond substituents is 1. The predicted molar refractivity (Wildman–Crippen MR) is 120 cm³/mol. The average Bonchev–Trinajstić information content (AvgIpc) is 2.63. The molecule has 27 heavy (non-hydrogen) atoms. The Morgan fingerprint density at radius 1 is 1.04 bits per heavy atom. The number of hydrogen-bond acceptors (Lipinski definition) is 3. The van der Waals surface area contributed by atoms with Crippen LogP contribution in [0.15, 0.2) is 53.5 Å². The first-order valence-electron chi connectivity index (χ1n) is 8.73. The molecule has 0 heterocycles. The molecule has 0 saturated carbocycles. The number of guanidine groups is 1. The minimum absolute atomic E-state index is 0. The van der Waals surface area contributed by atoms with Gasteiger partial charge in [-0.1, -0.05) is 29.8 Å². The van der Waals surface area contributed by atoms with Gasteiger partial charge in [0.1, 0.15) is 5.75 Å². The molecule has 1 amide bonds. The molecule has 0 saturated heterocycles. The van der Waals surface area contributed by atoms with Crippen LogP contribution in [0.3, 0.4) is 0 Å². The van der Waals surface area contributed by atoms with E-state index in [2.05, 4.69) is 46.1 Å². The Bertz CT molecular complexity index is 748. The summed E-state index contributed by atoms with van der Waals surface area (Å²) in [5.41, 5.74) is 2.89. The van der Waals surface area contributed by atoms with Crippen molar-refractivity contribution in [1.29, 1.82) is 0 Å². The maximum atomic E-state index is 12.0. The van der Waals surface area contributed by atoms with E-state index in [1.165, 1.54) is 17.7 Å². The summed E-state index contributed by atoms with van der Waals surface area (Å²) < 4.78 is 0. The Kier molecular flexibility index (Phi) is 10.2. The molecule has 0 atom stereocenters. The van der Waals surface area contributed by atoms with Crippen LogP contribution in [-0.2, 0) is 6.54 Å². The Hall–Kier alpha value is -2.29. The van der Waals surface area contributed by atoms with Crippen LogP contribution in [0.25, 0.3) is 0 Å². The molecule has 0 unspecified atom stereocenters. The largest absolute Gasteiger partial charge is 0.508 e. The molecule has 146 valence electrons. The normalized spacial score (nSPS) is 10.7. The third-order valence-electron chi connectivity index (χ3n) is 3.68. The van der Waals surface area contributed by atoms with E-state index < -0.39 is 0 Å². The standard InChI is InChI=1S/C20H26N4O2.HI/c1-3-21-20(24-14-16-6-4-5-15(2)13-16)23-12-11-22-19(26)17-7-9-18(25)10-8-17;/h4-10,13,25H,3,11-12,14H2,1-2H3,(H,22,26)(H2,21,23,24);1H. The minimum Gasteiger partial charge on any atom is -0.508 e. The quantitative estimate of drug-likeness (QED) is 0.212. The summed E-state index contributed by atoms with van der Waals surface area (Å²) in [6, 6.07) is 14.4. The van der Waals surface area contributed by atoms with Crippen molar-refractivity contribution in [2.75, 3.05) is 19.6 Å². The molecule has 0 bridgehead atoms. The molecule has 2 aromatic rings. The van der Waals surface area contributed by atoms with Crippen molar-refractivity contribution in [3.63, 3.8) is 0 Å². The molecule has 0 fully saturated rings. The monoisotopic (exact) mass is 482 g/mol. The van der Waals surface area contributed by atoms with E-state index in [9.17, 15) is 9.90 Å². The van der Waals surface area contributed by atoms with Crippen LogP contribution in [0.4, 0.5) is 0 Å². The smallest absolute Gasteiger partial charge is 0.251 e. The number of phenols is 1. The fourth-order valence-electron chi connectivity index (χ4n) is 2.39. The number of amides is 1. The van der Waals surface area contributed by atoms with Crippen LogP contribution in [-0.4, -0.2) is 36.6 Å². The summed E-state index contributed by atoms with van der Waals surface area (Å²) in [5.74, 6) is 0.685. The highest BCUT2D eigenvalue weighted by atomic mass is 127. The second kappa shape index (κ2) is 12.2. The van der Waals surface area contributed by atoms with Crippen molar-refractivity contribution in [2.45, 2.75) is 20.4 Å². The number of benzene rings is 2. The highest BCUT2D eigenvalue weighted by Crippen LogP contribution is 2.09. The van der Waals surface area contributed by atoms with Gasteiger partial charge in [-0.05, 0) is 43.7 Å². The van der Waals surface area contributed by atoms with Crippen molar-refractivity contribution in [3.8, 4) is 5.75 Å². The lowest BCUT2D eigenvalue weighted by atomic mass is 10.1. The van der Waals surface area contributed by atoms with Crippen LogP contribution in [0.1, 0.15) is 28.4 Å². The Morgan fingerprint density at radius 3 is 2.41 bits per heavy atom. The van der Waals surface area contributed by atoms with Gasteiger partial charge in [-0.15, -0.1) is 24.0 Å². The molecule has 0 radical (unpaired) electrons. The molecular weight excluding hydrogens is 455 g/mol. The van der Waals surface area contributed by atoms with Crippen LogP contribution in [0.2, 0.25) is 0 Å². The summed E-state index contributed by atoms with van der Waals surface area (Å²) in [6.45, 7) is 6.46. The second-order valence-electron chi connectivity index (χ2n) is 5.91. The van der Waals surface area contributed by atoms with Gasteiger partial charge >= 0.3 is 0 Å². The summed E-state index contributed by atoms with van der Waals surface area (Å²) in [6.07, 6.45) is 0. The molecule has 7 heteroatoms. The van der Waals surface area contributed by atoms with Crippen LogP contribution in [0.5, 0.6) is 5.75 Å². The first kappa shape index (κ1) is 22.8. The van der Waals surface area contributed by atoms with Gasteiger partial charge in [0.25, 0.3) is 5.91 Å². The SMILES string of the molecule is CCNC(=NCc1cccc(C)c1)NCCNC(=O)c1ccc(O)cc1.I. The van der Waals surface area contributed by atoms with E-state index in [0.717, 1.165) is 12.1 Å². The first-order chi connectivity index (χ1) is 12.6. The van der Waals surface area contributed by atoms with E-state index in [4.69, 9.17) is 0 Å². The number of carbonyl (C=O) groups is 1. The van der Waals surface area contributed by atoms with Gasteiger partial charge in [0.15, 0.2) is 5.96 Å². The minimum atomic E-state index is -0.173. The number of aliphatic imine (C=N–C) groups is 1. The van der Waals surface area contributed by atoms with E-state index in [0.29, 0.717) is 31.2 Å². The molecule has 0 aromatic heterocycles. The lowest BCUT2D eigenvalue weighted by Gasteiger charge is -2.12. The lowest BCUT2D eigenvalue weighted by Crippen LogP contribution is -2.41. The Morgan fingerprint density at radius 2 is 1.74 bits per heavy atom. The van der Waals surface area contributed by atoms with Gasteiger partial charge in [0, 0.05) is 25.2 Å². The molecule has 2 rings (SSSR count). The van der Waals surface area contributed by atoms with Gasteiger partial charge < -0.3 is 21.1 Å². The zero-order valence-electron chi connectivity index (χ0n) is 15.7. The van der Waals surface area contributed by atoms with Crippen molar-refractivity contribution in [3.05, 3.63) is 65.2 Å². The second-order valence-corrected chi connectivity index (χ2v) is 5.91. The van der Waals surface area contributed by atoms with E-state index >= 15 is 0 Å². The fourth-order valence-corrected chi connectivity index (χ4v) is 2.39. The lowest BCUT2D eigenvalue weighted by molar-refractivity contribution is 0.0954. The molecule has 0 aliphatic heterocycles. The van der Waals surface area contributed by atoms with Crippen LogP contribution < -0.4 is 16.0 Å². The average molecular weight is 482 g/mol. The number of hydrogen-bond donors (Lipinski definition) is 4. The first-order valence-corrected chi connectivity index (χ1v) is 8.73. The van der Waals surface area contributed by atoms with Crippen molar-refractivity contribution < 1.29 is 9.90 Å². The molecular formula is C20H27IN4O2. The maximum Gasteiger partial charge on any atom is 0.251 e. The van der Waals surface area contributed by atoms with Gasteiger partial charge in [-0.25, -0.2) is 4.99 Å². The van der Waals surface area contributed by atoms with Crippen LogP contribution >= 0.6 is 24.0 Å². The predicted octanol–water partition coefficient (Wildman–Crippen LogP) is 2.80. The molecule has 0 aliphatic carbocycles. The number of nitrogens with one attached hydrogen (secondary N) is 3. The Balaban J connectivity index is 0.00000364. The zero-order valence-corrected chi connectivity index (χ0v) is 18.0. The number of aryl methyl sites for hydroxylation is 1. The molecule has 2 aromatic carbocycles. The third kappa shape index (κ3) is 8.29. The molecule has 0 aliphatic rings. The van der Waals surface area contributed by atoms with E-state index in [-0.39, 0.29) is 35.6 Å². The number of rotatable bonds is 7. The third-order valence-corrected chi connectivity index (χ3v) is 3.68. The number of halogens is 1. The summed E-state index contributed by atoms with van der Waals surface area (Å²) in [4.78, 5) is 16.6. The van der Waals surface area contributed by atoms with Gasteiger partial charge in [0.2, 0.25) is 0 Å². The Labute approximate surface area is 177 Å². The zero-order chi connectivity index (χ0) is 18.8. The molecule has 6 nitrogen and oxygen atoms in total. The van der Waals surface area contributed by atoms with E-state index in [1.807, 2.05) is 13.0 Å². The number of nitrogens with zero attached hydrogens (tertiary/aromatic N) is 1. The number of carbonyl (C=O) groups excluding carboxylic acids is 1. The van der Waals surface area contributed by atoms with Crippen LogP contribution in [0, 0.1) is 6.92 Å². The van der Waals surface area contributed by atoms with Gasteiger partial charge in [0.05, 0.1) is 6.54 Å². The topological polar surface area (TPSA) is 85.8 Å². The molecule has 4 N–H and O–H groups in total.